The lowest BCUT2D eigenvalue weighted by molar-refractivity contribution is 0.123. The Morgan fingerprint density at radius 1 is 1.00 bits per heavy atom. The topological polar surface area (TPSA) is 25.4 Å². The van der Waals surface area contributed by atoms with Gasteiger partial charge in [-0.05, 0) is 19.1 Å². The van der Waals surface area contributed by atoms with Gasteiger partial charge in [0.1, 0.15) is 0 Å². The lowest BCUT2D eigenvalue weighted by Crippen LogP contribution is -2.36. The maximum Gasteiger partial charge on any atom is 0.0785 e. The zero-order valence-corrected chi connectivity index (χ0v) is 12.2. The van der Waals surface area contributed by atoms with E-state index in [1.54, 1.807) is 0 Å². The molecule has 1 aliphatic rings. The van der Waals surface area contributed by atoms with Crippen LogP contribution >= 0.6 is 0 Å². The van der Waals surface area contributed by atoms with Crippen molar-refractivity contribution in [2.45, 2.75) is 6.92 Å². The molecule has 0 saturated carbocycles. The molecule has 0 radical (unpaired) electrons. The van der Waals surface area contributed by atoms with Gasteiger partial charge in [-0.15, -0.1) is 0 Å². The van der Waals surface area contributed by atoms with Crippen LogP contribution in [0.1, 0.15) is 5.69 Å². The summed E-state index contributed by atoms with van der Waals surface area (Å²) >= 11 is 0. The summed E-state index contributed by atoms with van der Waals surface area (Å²) in [7, 11) is 0. The first-order valence-corrected chi connectivity index (χ1v) is 7.45. The molecule has 0 atom stereocenters. The SMILES string of the molecule is Cc1ccc2cc(N3CCOCC3)c3ccccc3c2n1. The molecule has 106 valence electrons. The van der Waals surface area contributed by atoms with E-state index in [9.17, 15) is 0 Å². The number of pyridine rings is 1. The molecule has 1 aliphatic heterocycles. The van der Waals surface area contributed by atoms with Crippen LogP contribution in [0.5, 0.6) is 0 Å². The van der Waals surface area contributed by atoms with Gasteiger partial charge in [-0.2, -0.15) is 0 Å². The van der Waals surface area contributed by atoms with Crippen LogP contribution in [0.3, 0.4) is 0 Å². The number of fused-ring (bicyclic) bond motifs is 3. The molecule has 0 aliphatic carbocycles. The Balaban J connectivity index is 2.02. The molecule has 0 spiro atoms. The van der Waals surface area contributed by atoms with Crippen molar-refractivity contribution in [2.75, 3.05) is 31.2 Å². The predicted octanol–water partition coefficient (Wildman–Crippen LogP) is 3.53. The molecule has 3 aromatic rings. The minimum Gasteiger partial charge on any atom is -0.378 e. The molecule has 3 heteroatoms. The van der Waals surface area contributed by atoms with Crippen molar-refractivity contribution in [3.05, 3.63) is 48.2 Å². The molecule has 0 N–H and O–H groups in total. The van der Waals surface area contributed by atoms with E-state index in [-0.39, 0.29) is 0 Å². The summed E-state index contributed by atoms with van der Waals surface area (Å²) in [5.41, 5.74) is 3.46. The second-order valence-corrected chi connectivity index (χ2v) is 5.57. The Morgan fingerprint density at radius 2 is 1.76 bits per heavy atom. The number of nitrogens with zero attached hydrogens (tertiary/aromatic N) is 2. The van der Waals surface area contributed by atoms with Crippen LogP contribution in [0.15, 0.2) is 42.5 Å². The van der Waals surface area contributed by atoms with Crippen molar-refractivity contribution in [2.24, 2.45) is 0 Å². The number of hydrogen-bond acceptors (Lipinski definition) is 3. The van der Waals surface area contributed by atoms with E-state index in [0.29, 0.717) is 0 Å². The van der Waals surface area contributed by atoms with Crippen LogP contribution in [-0.2, 0) is 4.74 Å². The van der Waals surface area contributed by atoms with Gasteiger partial charge in [0.2, 0.25) is 0 Å². The van der Waals surface area contributed by atoms with Crippen LogP contribution in [0.4, 0.5) is 5.69 Å². The molecule has 2 aromatic carbocycles. The Hall–Kier alpha value is -2.13. The van der Waals surface area contributed by atoms with Gasteiger partial charge in [-0.25, -0.2) is 0 Å². The molecule has 0 bridgehead atoms. The first-order valence-electron chi connectivity index (χ1n) is 7.45. The molecule has 1 aromatic heterocycles. The summed E-state index contributed by atoms with van der Waals surface area (Å²) in [5, 5.41) is 3.73. The largest absolute Gasteiger partial charge is 0.378 e. The van der Waals surface area contributed by atoms with Crippen LogP contribution in [0.25, 0.3) is 21.7 Å². The minimum atomic E-state index is 0.804. The van der Waals surface area contributed by atoms with Gasteiger partial charge < -0.3 is 9.64 Å². The van der Waals surface area contributed by atoms with Crippen LogP contribution < -0.4 is 4.90 Å². The van der Waals surface area contributed by atoms with Crippen LogP contribution in [-0.4, -0.2) is 31.3 Å². The average Bonchev–Trinajstić information content (AvgIpc) is 2.55. The van der Waals surface area contributed by atoms with E-state index in [1.807, 2.05) is 6.92 Å². The highest BCUT2D eigenvalue weighted by molar-refractivity contribution is 6.11. The van der Waals surface area contributed by atoms with Gasteiger partial charge in [0.05, 0.1) is 18.7 Å². The maximum absolute atomic E-state index is 5.48. The summed E-state index contributed by atoms with van der Waals surface area (Å²) in [6.45, 7) is 5.56. The van der Waals surface area contributed by atoms with E-state index >= 15 is 0 Å². The summed E-state index contributed by atoms with van der Waals surface area (Å²) in [4.78, 5) is 7.17. The maximum atomic E-state index is 5.48. The van der Waals surface area contributed by atoms with E-state index in [4.69, 9.17) is 9.72 Å². The molecule has 0 unspecified atom stereocenters. The summed E-state index contributed by atoms with van der Waals surface area (Å²) < 4.78 is 5.48. The molecule has 3 nitrogen and oxygen atoms in total. The summed E-state index contributed by atoms with van der Waals surface area (Å²) in [6, 6.07) is 15.1. The van der Waals surface area contributed by atoms with E-state index < -0.39 is 0 Å². The monoisotopic (exact) mass is 278 g/mol. The third-order valence-electron chi connectivity index (χ3n) is 4.17. The van der Waals surface area contributed by atoms with Crippen molar-refractivity contribution >= 4 is 27.4 Å². The van der Waals surface area contributed by atoms with Crippen molar-refractivity contribution < 1.29 is 4.74 Å². The number of benzene rings is 2. The first-order chi connectivity index (χ1) is 10.3. The summed E-state index contributed by atoms with van der Waals surface area (Å²) in [6.07, 6.45) is 0. The first kappa shape index (κ1) is 12.6. The molecule has 0 amide bonds. The molecule has 21 heavy (non-hydrogen) atoms. The van der Waals surface area contributed by atoms with E-state index in [2.05, 4.69) is 47.4 Å². The summed E-state index contributed by atoms with van der Waals surface area (Å²) in [5.74, 6) is 0. The highest BCUT2D eigenvalue weighted by atomic mass is 16.5. The molecule has 1 saturated heterocycles. The van der Waals surface area contributed by atoms with Gasteiger partial charge in [0.15, 0.2) is 0 Å². The Labute approximate surface area is 124 Å². The Bertz CT molecular complexity index is 807. The molecule has 2 heterocycles. The van der Waals surface area contributed by atoms with Crippen molar-refractivity contribution in [3.63, 3.8) is 0 Å². The fourth-order valence-corrected chi connectivity index (χ4v) is 3.10. The van der Waals surface area contributed by atoms with Crippen LogP contribution in [0.2, 0.25) is 0 Å². The van der Waals surface area contributed by atoms with Crippen molar-refractivity contribution in [1.82, 2.24) is 4.98 Å². The van der Waals surface area contributed by atoms with E-state index in [1.165, 1.54) is 21.8 Å². The van der Waals surface area contributed by atoms with Gasteiger partial charge in [-0.1, -0.05) is 30.3 Å². The quantitative estimate of drug-likeness (QED) is 0.637. The molecular formula is C18H18N2O. The third-order valence-corrected chi connectivity index (χ3v) is 4.17. The van der Waals surface area contributed by atoms with Crippen molar-refractivity contribution in [1.29, 1.82) is 0 Å². The highest BCUT2D eigenvalue weighted by Crippen LogP contribution is 2.33. The number of rotatable bonds is 1. The smallest absolute Gasteiger partial charge is 0.0785 e. The lowest BCUT2D eigenvalue weighted by atomic mass is 10.0. The Morgan fingerprint density at radius 3 is 2.57 bits per heavy atom. The van der Waals surface area contributed by atoms with Gasteiger partial charge in [0, 0.05) is 40.6 Å². The fourth-order valence-electron chi connectivity index (χ4n) is 3.10. The van der Waals surface area contributed by atoms with Gasteiger partial charge in [0.25, 0.3) is 0 Å². The molecular weight excluding hydrogens is 260 g/mol. The zero-order valence-electron chi connectivity index (χ0n) is 12.2. The Kier molecular flexibility index (Phi) is 3.00. The van der Waals surface area contributed by atoms with Crippen molar-refractivity contribution in [3.8, 4) is 0 Å². The highest BCUT2D eigenvalue weighted by Gasteiger charge is 2.16. The second kappa shape index (κ2) is 5.01. The number of morpholine rings is 1. The van der Waals surface area contributed by atoms with Gasteiger partial charge in [-0.3, -0.25) is 4.98 Å². The predicted molar refractivity (Wildman–Crippen MR) is 87.0 cm³/mol. The zero-order chi connectivity index (χ0) is 14.2. The molecule has 4 rings (SSSR count). The number of aryl methyl sites for hydroxylation is 1. The van der Waals surface area contributed by atoms with Crippen LogP contribution in [0, 0.1) is 6.92 Å². The molecule has 1 fully saturated rings. The number of aromatic nitrogens is 1. The minimum absolute atomic E-state index is 0.804. The van der Waals surface area contributed by atoms with E-state index in [0.717, 1.165) is 37.5 Å². The fraction of sp³-hybridized carbons (Fsp3) is 0.278. The number of anilines is 1. The second-order valence-electron chi connectivity index (χ2n) is 5.57. The average molecular weight is 278 g/mol. The normalized spacial score (nSPS) is 15.8. The number of ether oxygens (including phenoxy) is 1. The standard InChI is InChI=1S/C18H18N2O/c1-13-6-7-14-12-17(20-8-10-21-11-9-20)15-4-2-3-5-16(15)18(14)19-13/h2-7,12H,8-11H2,1H3. The number of hydrogen-bond donors (Lipinski definition) is 0. The lowest BCUT2D eigenvalue weighted by Gasteiger charge is -2.30. The van der Waals surface area contributed by atoms with Gasteiger partial charge >= 0.3 is 0 Å². The third kappa shape index (κ3) is 2.14.